The lowest BCUT2D eigenvalue weighted by Gasteiger charge is -2.52. The molecule has 87 heavy (non-hydrogen) atoms. The van der Waals surface area contributed by atoms with Crippen molar-refractivity contribution in [2.75, 3.05) is 33.3 Å². The number of rotatable bonds is 24. The lowest BCUT2D eigenvalue weighted by Crippen LogP contribution is -2.71. The van der Waals surface area contributed by atoms with E-state index in [0.29, 0.717) is 34.9 Å². The summed E-state index contributed by atoms with van der Waals surface area (Å²) in [5.41, 5.74) is -2.39. The van der Waals surface area contributed by atoms with Crippen LogP contribution in [-0.4, -0.2) is 176 Å². The summed E-state index contributed by atoms with van der Waals surface area (Å²) in [6.45, 7) is 5.01. The highest BCUT2D eigenvalue weighted by Crippen LogP contribution is 2.39. The number of alkyl carbamates (subject to hydrolysis) is 3. The molecule has 7 rings (SSSR count). The number of aliphatic hydroxyl groups excluding tert-OH is 3. The van der Waals surface area contributed by atoms with Crippen molar-refractivity contribution in [2.24, 2.45) is 11.8 Å². The van der Waals surface area contributed by atoms with Gasteiger partial charge < -0.3 is 85.1 Å². The summed E-state index contributed by atoms with van der Waals surface area (Å²) in [5.74, 6) is -1.69. The number of nitro groups is 3. The fourth-order valence-electron chi connectivity index (χ4n) is 10.2. The summed E-state index contributed by atoms with van der Waals surface area (Å²) >= 11 is 0. The van der Waals surface area contributed by atoms with Crippen LogP contribution in [0.2, 0.25) is 0 Å². The number of carbonyl (C=O) groups excluding carboxylic acids is 5. The van der Waals surface area contributed by atoms with E-state index in [0.717, 1.165) is 17.7 Å². The number of aliphatic hydroxyl groups is 4. The Balaban J connectivity index is 1.19. The van der Waals surface area contributed by atoms with Crippen LogP contribution in [-0.2, 0) is 57.8 Å². The minimum Gasteiger partial charge on any atom is -0.491 e. The van der Waals surface area contributed by atoms with Gasteiger partial charge in [-0.25, -0.2) is 19.2 Å². The second kappa shape index (κ2) is 29.4. The van der Waals surface area contributed by atoms with E-state index in [9.17, 15) is 74.7 Å². The first kappa shape index (κ1) is 66.2. The number of non-ortho nitro benzene ring substituents is 3. The summed E-state index contributed by atoms with van der Waals surface area (Å²) in [7, 11) is 1.27. The van der Waals surface area contributed by atoms with Gasteiger partial charge in [-0.1, -0.05) is 0 Å². The Morgan fingerprint density at radius 1 is 0.747 bits per heavy atom. The van der Waals surface area contributed by atoms with Crippen LogP contribution in [0, 0.1) is 42.2 Å². The number of amides is 5. The van der Waals surface area contributed by atoms with Crippen molar-refractivity contribution >= 4 is 47.3 Å². The number of hydrogen-bond donors (Lipinski definition) is 9. The van der Waals surface area contributed by atoms with Gasteiger partial charge in [-0.2, -0.15) is 0 Å². The largest absolute Gasteiger partial charge is 0.491 e. The SMILES string of the molecule is CN(C(=O)OC(C)(C)C)[C@@H]1[C@@H](O)[C@@H](O[C@H]2[C@H](NC(=O)[C@@H](O)CCNC(=O)OCc3ccc([N+](=O)[O-])cc3)C[C@H](NC(=O)OCc3ccc([N+](=O)[O-])cc3)C([C@H]3OC(CNCC4CC4)=CC[C@H]3NC(=O)OCc3ccc([N+](=O)[O-])cc3)[C@@H]2O)OC[C@]1(C)O. The Morgan fingerprint density at radius 2 is 1.25 bits per heavy atom. The first-order valence-corrected chi connectivity index (χ1v) is 28.0. The number of hydrogen-bond acceptors (Lipinski definition) is 23. The van der Waals surface area contributed by atoms with Crippen LogP contribution in [0.25, 0.3) is 0 Å². The zero-order valence-electron chi connectivity index (χ0n) is 48.3. The monoisotopic (exact) mass is 1220 g/mol. The van der Waals surface area contributed by atoms with E-state index >= 15 is 0 Å². The third-order valence-electron chi connectivity index (χ3n) is 14.8. The highest BCUT2D eigenvalue weighted by atomic mass is 16.7. The maximum atomic E-state index is 14.2. The Morgan fingerprint density at radius 3 is 1.75 bits per heavy atom. The number of likely N-dealkylation sites (N-methyl/N-ethyl adjacent to an activating group) is 1. The number of nitrogens with one attached hydrogen (secondary N) is 5. The second-order valence-corrected chi connectivity index (χ2v) is 22.9. The molecule has 0 aromatic heterocycles. The van der Waals surface area contributed by atoms with Crippen LogP contribution in [0.5, 0.6) is 0 Å². The van der Waals surface area contributed by atoms with Crippen molar-refractivity contribution in [2.45, 2.75) is 152 Å². The number of carbonyl (C=O) groups is 5. The van der Waals surface area contributed by atoms with Crippen molar-refractivity contribution in [3.63, 3.8) is 0 Å². The van der Waals surface area contributed by atoms with Gasteiger partial charge in [0.05, 0.1) is 52.2 Å². The number of nitrogens with zero attached hydrogens (tertiary/aromatic N) is 4. The molecule has 474 valence electrons. The van der Waals surface area contributed by atoms with Crippen molar-refractivity contribution < 1.29 is 92.3 Å². The summed E-state index contributed by atoms with van der Waals surface area (Å²) in [6.07, 6.45) is -11.7. The summed E-state index contributed by atoms with van der Waals surface area (Å²) in [4.78, 5) is 101. The molecule has 0 bridgehead atoms. The predicted molar refractivity (Wildman–Crippen MR) is 301 cm³/mol. The van der Waals surface area contributed by atoms with Crippen LogP contribution in [0.3, 0.4) is 0 Å². The van der Waals surface area contributed by atoms with E-state index in [1.807, 2.05) is 0 Å². The average molecular weight is 1220 g/mol. The molecule has 5 amide bonds. The van der Waals surface area contributed by atoms with Crippen LogP contribution in [0.4, 0.5) is 36.2 Å². The van der Waals surface area contributed by atoms with E-state index in [1.165, 1.54) is 86.8 Å². The minimum absolute atomic E-state index is 0.0347. The van der Waals surface area contributed by atoms with Gasteiger partial charge in [0.15, 0.2) is 6.29 Å². The first-order chi connectivity index (χ1) is 41.2. The van der Waals surface area contributed by atoms with Crippen molar-refractivity contribution in [1.82, 2.24) is 31.5 Å². The minimum atomic E-state index is -1.95. The van der Waals surface area contributed by atoms with Crippen LogP contribution < -0.4 is 26.6 Å². The molecule has 12 atom stereocenters. The van der Waals surface area contributed by atoms with Gasteiger partial charge in [-0.15, -0.1) is 0 Å². The molecule has 9 N–H and O–H groups in total. The Bertz CT molecular complexity index is 2940. The highest BCUT2D eigenvalue weighted by molar-refractivity contribution is 5.81. The summed E-state index contributed by atoms with van der Waals surface area (Å²) in [5, 5.41) is 95.8. The lowest BCUT2D eigenvalue weighted by molar-refractivity contribution is -0.385. The molecule has 31 nitrogen and oxygen atoms in total. The molecule has 1 saturated heterocycles. The summed E-state index contributed by atoms with van der Waals surface area (Å²) in [6, 6.07) is 10.2. The molecule has 0 spiro atoms. The maximum Gasteiger partial charge on any atom is 0.410 e. The standard InChI is InChI=1S/C56H73N9O22/c1-55(2,3)87-54(73)62(5)48-45(68)50(84-30-56(48,4)74)86-47-41(59-49(69)42(66)22-23-58-51(70)81-27-32-8-14-35(15-9-32)63(75)76)24-40(61-53(72)83-29-34-12-18-37(19-13-34)65(79)80)43(44(47)67)46-39(21-20-38(85-46)26-57-25-31-6-7-31)60-52(71)82-28-33-10-16-36(17-11-33)64(77)78/h8-20,31,39-48,50,57,66-68,74H,6-7,21-30H2,1-5H3,(H,58,70)(H,59,69)(H,60,71)(H,61,72)/t39-,40+,41-,42+,43?,44+,45-,46+,47+,48-,50-,56+/m1/s1. The van der Waals surface area contributed by atoms with Crippen LogP contribution >= 0.6 is 0 Å². The quantitative estimate of drug-likeness (QED) is 0.0351. The van der Waals surface area contributed by atoms with E-state index in [4.69, 9.17) is 33.2 Å². The predicted octanol–water partition coefficient (Wildman–Crippen LogP) is 3.61. The van der Waals surface area contributed by atoms with Gasteiger partial charge in [0.25, 0.3) is 17.1 Å². The number of benzene rings is 3. The van der Waals surface area contributed by atoms with Gasteiger partial charge in [0.2, 0.25) is 5.91 Å². The van der Waals surface area contributed by atoms with Gasteiger partial charge in [-0.3, -0.25) is 35.1 Å². The van der Waals surface area contributed by atoms with E-state index < -0.39 is 149 Å². The van der Waals surface area contributed by atoms with Gasteiger partial charge in [0, 0.05) is 62.0 Å². The van der Waals surface area contributed by atoms with Gasteiger partial charge >= 0.3 is 24.4 Å². The van der Waals surface area contributed by atoms with Crippen LogP contribution in [0.1, 0.15) is 76.5 Å². The fraction of sp³-hybridized carbons (Fsp3) is 0.554. The van der Waals surface area contributed by atoms with Gasteiger partial charge in [0.1, 0.15) is 61.2 Å². The molecule has 2 saturated carbocycles. The Kier molecular flexibility index (Phi) is 22.4. The molecular formula is C56H73N9O22. The molecule has 2 heterocycles. The highest BCUT2D eigenvalue weighted by Gasteiger charge is 2.56. The maximum absolute atomic E-state index is 14.2. The van der Waals surface area contributed by atoms with Crippen molar-refractivity contribution in [3.8, 4) is 0 Å². The molecular weight excluding hydrogens is 1150 g/mol. The third kappa shape index (κ3) is 18.8. The van der Waals surface area contributed by atoms with Crippen molar-refractivity contribution in [3.05, 3.63) is 132 Å². The average Bonchev–Trinajstić information content (AvgIpc) is 1.46. The molecule has 31 heteroatoms. The molecule has 2 aliphatic carbocycles. The van der Waals surface area contributed by atoms with Crippen molar-refractivity contribution in [1.29, 1.82) is 0 Å². The van der Waals surface area contributed by atoms with Gasteiger partial charge in [-0.05, 0) is 131 Å². The summed E-state index contributed by atoms with van der Waals surface area (Å²) < 4.78 is 41.0. The molecule has 3 fully saturated rings. The zero-order chi connectivity index (χ0) is 63.3. The van der Waals surface area contributed by atoms with E-state index in [2.05, 4.69) is 26.6 Å². The molecule has 3 aromatic rings. The molecule has 3 aromatic carbocycles. The Labute approximate surface area is 498 Å². The van der Waals surface area contributed by atoms with Crippen LogP contribution in [0.15, 0.2) is 84.6 Å². The topological polar surface area (TPSA) is 424 Å². The Hall–Kier alpha value is -8.33. The second-order valence-electron chi connectivity index (χ2n) is 22.9. The molecule has 4 aliphatic rings. The third-order valence-corrected chi connectivity index (χ3v) is 14.8. The molecule has 0 radical (unpaired) electrons. The zero-order valence-corrected chi connectivity index (χ0v) is 48.3. The fourth-order valence-corrected chi connectivity index (χ4v) is 10.2. The lowest BCUT2D eigenvalue weighted by atomic mass is 9.72. The first-order valence-electron chi connectivity index (χ1n) is 28.0. The number of ether oxygens (including phenoxy) is 7. The van der Waals surface area contributed by atoms with E-state index in [-0.39, 0.29) is 49.8 Å². The smallest absolute Gasteiger partial charge is 0.410 e. The normalized spacial score (nSPS) is 25.6. The molecule has 1 unspecified atom stereocenters. The number of nitro benzene ring substituents is 3. The molecule has 2 aliphatic heterocycles. The van der Waals surface area contributed by atoms with E-state index in [1.54, 1.807) is 26.8 Å².